The highest BCUT2D eigenvalue weighted by atomic mass is 16.5. The molecule has 0 radical (unpaired) electrons. The zero-order valence-corrected chi connectivity index (χ0v) is 14.7. The average Bonchev–Trinajstić information content (AvgIpc) is 2.47. The second-order valence-corrected chi connectivity index (χ2v) is 6.38. The standard InChI is InChI=1S/C19H32O3/c1-6-8-17(20)18(21)11-13(3)16-10-15(5)19(12-14(16)4)22-9-7-2/h10,12-13,17-18,20-21H,6-9,11H2,1-5H3. The number of aliphatic hydroxyl groups excluding tert-OH is 2. The molecule has 126 valence electrons. The van der Waals surface area contributed by atoms with E-state index >= 15 is 0 Å². The lowest BCUT2D eigenvalue weighted by molar-refractivity contribution is 0.00635. The van der Waals surface area contributed by atoms with Gasteiger partial charge in [0, 0.05) is 0 Å². The minimum atomic E-state index is -0.661. The van der Waals surface area contributed by atoms with E-state index < -0.39 is 12.2 Å². The van der Waals surface area contributed by atoms with E-state index in [0.29, 0.717) is 12.8 Å². The Kier molecular flexibility index (Phi) is 7.91. The van der Waals surface area contributed by atoms with Crippen LogP contribution in [0.1, 0.15) is 69.1 Å². The Morgan fingerprint density at radius 3 is 2.27 bits per heavy atom. The highest BCUT2D eigenvalue weighted by Crippen LogP contribution is 2.30. The van der Waals surface area contributed by atoms with Gasteiger partial charge >= 0.3 is 0 Å². The van der Waals surface area contributed by atoms with Gasteiger partial charge in [-0.15, -0.1) is 0 Å². The SMILES string of the molecule is CCCOc1cc(C)c(C(C)CC(O)C(O)CCC)cc1C. The summed E-state index contributed by atoms with van der Waals surface area (Å²) in [5.41, 5.74) is 3.54. The van der Waals surface area contributed by atoms with Crippen LogP contribution in [0, 0.1) is 13.8 Å². The Hall–Kier alpha value is -1.06. The molecule has 1 aromatic carbocycles. The smallest absolute Gasteiger partial charge is 0.122 e. The van der Waals surface area contributed by atoms with Crippen molar-refractivity contribution in [1.29, 1.82) is 0 Å². The van der Waals surface area contributed by atoms with Crippen molar-refractivity contribution in [3.8, 4) is 5.75 Å². The molecule has 0 fully saturated rings. The molecular weight excluding hydrogens is 276 g/mol. The summed E-state index contributed by atoms with van der Waals surface area (Å²) in [6.07, 6.45) is 1.82. The van der Waals surface area contributed by atoms with Gasteiger partial charge in [0.05, 0.1) is 18.8 Å². The fourth-order valence-corrected chi connectivity index (χ4v) is 2.84. The van der Waals surface area contributed by atoms with Crippen LogP contribution >= 0.6 is 0 Å². The summed E-state index contributed by atoms with van der Waals surface area (Å²) < 4.78 is 5.76. The molecule has 3 nitrogen and oxygen atoms in total. The highest BCUT2D eigenvalue weighted by Gasteiger charge is 2.20. The molecule has 3 heteroatoms. The molecular formula is C19H32O3. The third-order valence-electron chi connectivity index (χ3n) is 4.18. The van der Waals surface area contributed by atoms with E-state index in [0.717, 1.165) is 30.8 Å². The third kappa shape index (κ3) is 5.29. The second-order valence-electron chi connectivity index (χ2n) is 6.38. The predicted molar refractivity (Wildman–Crippen MR) is 91.7 cm³/mol. The Morgan fingerprint density at radius 1 is 1.00 bits per heavy atom. The number of benzene rings is 1. The number of aliphatic hydroxyl groups is 2. The monoisotopic (exact) mass is 308 g/mol. The summed E-state index contributed by atoms with van der Waals surface area (Å²) >= 11 is 0. The molecule has 2 N–H and O–H groups in total. The number of aryl methyl sites for hydroxylation is 2. The van der Waals surface area contributed by atoms with Gasteiger partial charge in [-0.3, -0.25) is 0 Å². The highest BCUT2D eigenvalue weighted by molar-refractivity contribution is 5.43. The molecule has 0 aliphatic heterocycles. The molecule has 0 heterocycles. The van der Waals surface area contributed by atoms with Crippen LogP contribution in [0.15, 0.2) is 12.1 Å². The predicted octanol–water partition coefficient (Wildman–Crippen LogP) is 4.11. The summed E-state index contributed by atoms with van der Waals surface area (Å²) in [4.78, 5) is 0. The van der Waals surface area contributed by atoms with Crippen LogP contribution in [-0.2, 0) is 0 Å². The van der Waals surface area contributed by atoms with Crippen molar-refractivity contribution < 1.29 is 14.9 Å². The van der Waals surface area contributed by atoms with Crippen molar-refractivity contribution in [2.75, 3.05) is 6.61 Å². The third-order valence-corrected chi connectivity index (χ3v) is 4.18. The first-order valence-corrected chi connectivity index (χ1v) is 8.50. The summed E-state index contributed by atoms with van der Waals surface area (Å²) in [5.74, 6) is 1.15. The van der Waals surface area contributed by atoms with Gasteiger partial charge in [0.2, 0.25) is 0 Å². The Bertz CT molecular complexity index is 456. The first-order chi connectivity index (χ1) is 10.4. The number of hydrogen-bond acceptors (Lipinski definition) is 3. The molecule has 0 saturated heterocycles. The molecule has 1 rings (SSSR count). The minimum absolute atomic E-state index is 0.209. The Balaban J connectivity index is 2.81. The summed E-state index contributed by atoms with van der Waals surface area (Å²) in [5, 5.41) is 20.0. The van der Waals surface area contributed by atoms with Crippen LogP contribution in [0.2, 0.25) is 0 Å². The second kappa shape index (κ2) is 9.16. The largest absolute Gasteiger partial charge is 0.493 e. The van der Waals surface area contributed by atoms with Crippen LogP contribution in [-0.4, -0.2) is 29.0 Å². The molecule has 0 aliphatic rings. The summed E-state index contributed by atoms with van der Waals surface area (Å²) in [6.45, 7) is 11.1. The minimum Gasteiger partial charge on any atom is -0.493 e. The van der Waals surface area contributed by atoms with Crippen molar-refractivity contribution >= 4 is 0 Å². The first kappa shape index (κ1) is 19.0. The van der Waals surface area contributed by atoms with Crippen molar-refractivity contribution in [1.82, 2.24) is 0 Å². The van der Waals surface area contributed by atoms with Crippen molar-refractivity contribution in [3.05, 3.63) is 28.8 Å². The molecule has 0 amide bonds. The molecule has 22 heavy (non-hydrogen) atoms. The van der Waals surface area contributed by atoms with Crippen LogP contribution in [0.3, 0.4) is 0 Å². The van der Waals surface area contributed by atoms with Crippen LogP contribution in [0.25, 0.3) is 0 Å². The quantitative estimate of drug-likeness (QED) is 0.722. The van der Waals surface area contributed by atoms with E-state index in [1.807, 2.05) is 6.92 Å². The first-order valence-electron chi connectivity index (χ1n) is 8.50. The molecule has 0 saturated carbocycles. The van der Waals surface area contributed by atoms with Gasteiger partial charge in [-0.1, -0.05) is 33.3 Å². The van der Waals surface area contributed by atoms with E-state index in [4.69, 9.17) is 4.74 Å². The summed E-state index contributed by atoms with van der Waals surface area (Å²) in [6, 6.07) is 4.25. The lowest BCUT2D eigenvalue weighted by Gasteiger charge is -2.23. The van der Waals surface area contributed by atoms with Gasteiger partial charge in [0.25, 0.3) is 0 Å². The van der Waals surface area contributed by atoms with Gasteiger partial charge in [0.15, 0.2) is 0 Å². The fraction of sp³-hybridized carbons (Fsp3) is 0.684. The van der Waals surface area contributed by atoms with Gasteiger partial charge < -0.3 is 14.9 Å². The fourth-order valence-electron chi connectivity index (χ4n) is 2.84. The van der Waals surface area contributed by atoms with E-state index in [1.165, 1.54) is 11.1 Å². The van der Waals surface area contributed by atoms with Gasteiger partial charge in [-0.05, 0) is 61.8 Å². The molecule has 0 aliphatic carbocycles. The molecule has 0 aromatic heterocycles. The lowest BCUT2D eigenvalue weighted by atomic mass is 9.88. The maximum atomic E-state index is 10.1. The number of ether oxygens (including phenoxy) is 1. The molecule has 0 bridgehead atoms. The normalized spacial score (nSPS) is 15.4. The van der Waals surface area contributed by atoms with Crippen LogP contribution < -0.4 is 4.74 Å². The maximum absolute atomic E-state index is 10.1. The van der Waals surface area contributed by atoms with E-state index in [9.17, 15) is 10.2 Å². The maximum Gasteiger partial charge on any atom is 0.122 e. The van der Waals surface area contributed by atoms with Crippen molar-refractivity contribution in [2.24, 2.45) is 0 Å². The van der Waals surface area contributed by atoms with Crippen LogP contribution in [0.5, 0.6) is 5.75 Å². The van der Waals surface area contributed by atoms with Crippen molar-refractivity contribution in [3.63, 3.8) is 0 Å². The van der Waals surface area contributed by atoms with Crippen LogP contribution in [0.4, 0.5) is 0 Å². The van der Waals surface area contributed by atoms with Gasteiger partial charge in [0.1, 0.15) is 5.75 Å². The summed E-state index contributed by atoms with van der Waals surface area (Å²) in [7, 11) is 0. The molecule has 3 unspecified atom stereocenters. The zero-order chi connectivity index (χ0) is 16.7. The topological polar surface area (TPSA) is 49.7 Å². The Morgan fingerprint density at radius 2 is 1.68 bits per heavy atom. The zero-order valence-electron chi connectivity index (χ0n) is 14.7. The molecule has 1 aromatic rings. The van der Waals surface area contributed by atoms with E-state index in [2.05, 4.69) is 39.8 Å². The van der Waals surface area contributed by atoms with E-state index in [-0.39, 0.29) is 5.92 Å². The average molecular weight is 308 g/mol. The Labute approximate surface area is 135 Å². The molecule has 3 atom stereocenters. The van der Waals surface area contributed by atoms with Crippen molar-refractivity contribution in [2.45, 2.75) is 78.4 Å². The number of hydrogen-bond donors (Lipinski definition) is 2. The number of rotatable bonds is 9. The van der Waals surface area contributed by atoms with Gasteiger partial charge in [-0.2, -0.15) is 0 Å². The molecule has 0 spiro atoms. The van der Waals surface area contributed by atoms with Gasteiger partial charge in [-0.25, -0.2) is 0 Å². The lowest BCUT2D eigenvalue weighted by Crippen LogP contribution is -2.27. The van der Waals surface area contributed by atoms with E-state index in [1.54, 1.807) is 0 Å².